The Morgan fingerprint density at radius 2 is 1.31 bits per heavy atom. The lowest BCUT2D eigenvalue weighted by Crippen LogP contribution is -2.35. The van der Waals surface area contributed by atoms with Gasteiger partial charge in [0.25, 0.3) is 0 Å². The molecule has 0 rings (SSSR count). The molecule has 0 spiro atoms. The fourth-order valence-electron chi connectivity index (χ4n) is 2.22. The van der Waals surface area contributed by atoms with E-state index in [0.717, 1.165) is 38.8 Å². The van der Waals surface area contributed by atoms with Crippen LogP contribution in [0.2, 0.25) is 0 Å². The number of methoxy groups -OCH3 is 1. The van der Waals surface area contributed by atoms with E-state index < -0.39 is 0 Å². The Kier molecular flexibility index (Phi) is 39.9. The van der Waals surface area contributed by atoms with Gasteiger partial charge < -0.3 is 9.53 Å². The summed E-state index contributed by atoms with van der Waals surface area (Å²) in [5, 5.41) is 0. The number of carbonyl (C=O) groups is 1. The summed E-state index contributed by atoms with van der Waals surface area (Å²) in [7, 11) is 1.70. The van der Waals surface area contributed by atoms with E-state index in [1.807, 2.05) is 0 Å². The molecule has 0 fully saturated rings. The summed E-state index contributed by atoms with van der Waals surface area (Å²) in [6.07, 6.45) is 14.6. The van der Waals surface area contributed by atoms with Crippen molar-refractivity contribution in [2.45, 2.75) is 132 Å². The SMILES string of the molecule is CCC.CCC(C)(CC)CNN.CCCCCCC.COCCCCCC(C)=O. The second-order valence-corrected chi connectivity index (χ2v) is 8.17. The van der Waals surface area contributed by atoms with Gasteiger partial charge in [0.2, 0.25) is 0 Å². The van der Waals surface area contributed by atoms with E-state index in [1.165, 1.54) is 51.4 Å². The number of Topliss-reactive ketones (excluding diaryl/α,β-unsaturated/α-hetero) is 1. The van der Waals surface area contributed by atoms with Gasteiger partial charge in [0.1, 0.15) is 5.78 Å². The molecule has 0 bridgehead atoms. The van der Waals surface area contributed by atoms with E-state index in [-0.39, 0.29) is 5.78 Å². The van der Waals surface area contributed by atoms with Gasteiger partial charge in [-0.2, -0.15) is 0 Å². The van der Waals surface area contributed by atoms with E-state index >= 15 is 0 Å². The van der Waals surface area contributed by atoms with Crippen molar-refractivity contribution in [3.8, 4) is 0 Å². The average Bonchev–Trinajstić information content (AvgIpc) is 2.70. The summed E-state index contributed by atoms with van der Waals surface area (Å²) in [4.78, 5) is 10.4. The first-order valence-corrected chi connectivity index (χ1v) is 12.2. The lowest BCUT2D eigenvalue weighted by atomic mass is 9.85. The molecule has 4 nitrogen and oxygen atoms in total. The fourth-order valence-corrected chi connectivity index (χ4v) is 2.22. The monoisotopic (exact) mass is 418 g/mol. The third kappa shape index (κ3) is 42.6. The predicted molar refractivity (Wildman–Crippen MR) is 132 cm³/mol. The standard InChI is InChI=1S/C8H16O2.C7H18N2.C7H16.C3H8/c1-8(9)6-4-3-5-7-10-2;1-4-7(3,5-2)6-9-8;1-3-5-7-6-4-2;1-3-2/h3-7H2,1-2H3;9H,4-6,8H2,1-3H3;3-7H2,1-2H3;3H2,1-2H3. The molecular weight excluding hydrogens is 360 g/mol. The topological polar surface area (TPSA) is 64.3 Å². The normalized spacial score (nSPS) is 10.0. The molecule has 0 saturated heterocycles. The first-order valence-electron chi connectivity index (χ1n) is 12.2. The summed E-state index contributed by atoms with van der Waals surface area (Å²) < 4.78 is 4.86. The summed E-state index contributed by atoms with van der Waals surface area (Å²) in [6, 6.07) is 0. The number of hydrogen-bond acceptors (Lipinski definition) is 4. The van der Waals surface area contributed by atoms with Crippen LogP contribution in [0, 0.1) is 5.41 Å². The Hall–Kier alpha value is -0.450. The summed E-state index contributed by atoms with van der Waals surface area (Å²) in [5.41, 5.74) is 3.11. The van der Waals surface area contributed by atoms with Crippen LogP contribution in [-0.4, -0.2) is 26.0 Å². The van der Waals surface area contributed by atoms with Gasteiger partial charge in [-0.05, 0) is 38.0 Å². The van der Waals surface area contributed by atoms with Gasteiger partial charge in [-0.3, -0.25) is 11.3 Å². The number of hydrazine groups is 1. The number of ketones is 1. The summed E-state index contributed by atoms with van der Waals surface area (Å²) in [5.74, 6) is 5.51. The highest BCUT2D eigenvalue weighted by molar-refractivity contribution is 5.75. The average molecular weight is 419 g/mol. The maximum Gasteiger partial charge on any atom is 0.129 e. The molecule has 0 saturated carbocycles. The van der Waals surface area contributed by atoms with Crippen molar-refractivity contribution in [3.63, 3.8) is 0 Å². The van der Waals surface area contributed by atoms with Crippen molar-refractivity contribution in [2.24, 2.45) is 11.3 Å². The van der Waals surface area contributed by atoms with Gasteiger partial charge in [-0.25, -0.2) is 0 Å². The van der Waals surface area contributed by atoms with Crippen LogP contribution in [0.1, 0.15) is 132 Å². The van der Waals surface area contributed by atoms with Crippen LogP contribution < -0.4 is 11.3 Å². The van der Waals surface area contributed by atoms with Crippen LogP contribution >= 0.6 is 0 Å². The Morgan fingerprint density at radius 3 is 1.59 bits per heavy atom. The Labute approximate surface area is 185 Å². The second kappa shape index (κ2) is 32.2. The zero-order chi connectivity index (χ0) is 23.4. The molecule has 0 unspecified atom stereocenters. The molecule has 3 N–H and O–H groups in total. The number of rotatable bonds is 14. The van der Waals surface area contributed by atoms with Gasteiger partial charge in [0.05, 0.1) is 0 Å². The molecule has 0 radical (unpaired) electrons. The smallest absolute Gasteiger partial charge is 0.129 e. The quantitative estimate of drug-likeness (QED) is 0.175. The molecule has 180 valence electrons. The Bertz CT molecular complexity index is 276. The highest BCUT2D eigenvalue weighted by Gasteiger charge is 2.17. The van der Waals surface area contributed by atoms with Gasteiger partial charge in [-0.1, -0.05) is 93.4 Å². The van der Waals surface area contributed by atoms with Crippen LogP contribution in [0.15, 0.2) is 0 Å². The van der Waals surface area contributed by atoms with Crippen molar-refractivity contribution >= 4 is 5.78 Å². The van der Waals surface area contributed by atoms with Crippen LogP contribution in [0.3, 0.4) is 0 Å². The van der Waals surface area contributed by atoms with Crippen molar-refractivity contribution < 1.29 is 9.53 Å². The fraction of sp³-hybridized carbons (Fsp3) is 0.960. The third-order valence-electron chi connectivity index (χ3n) is 4.82. The number of unbranched alkanes of at least 4 members (excludes halogenated alkanes) is 6. The molecule has 0 aliphatic heterocycles. The predicted octanol–water partition coefficient (Wildman–Crippen LogP) is 7.45. The molecule has 0 amide bonds. The van der Waals surface area contributed by atoms with Gasteiger partial charge in [0.15, 0.2) is 0 Å². The van der Waals surface area contributed by atoms with Crippen molar-refractivity contribution in [2.75, 3.05) is 20.3 Å². The number of carbonyl (C=O) groups excluding carboxylic acids is 1. The maximum atomic E-state index is 10.4. The zero-order valence-corrected chi connectivity index (χ0v) is 21.8. The first-order chi connectivity index (χ1) is 13.8. The van der Waals surface area contributed by atoms with Crippen molar-refractivity contribution in [1.82, 2.24) is 5.43 Å². The van der Waals surface area contributed by atoms with Gasteiger partial charge in [-0.15, -0.1) is 0 Å². The summed E-state index contributed by atoms with van der Waals surface area (Å²) >= 11 is 0. The van der Waals surface area contributed by atoms with E-state index in [1.54, 1.807) is 14.0 Å². The highest BCUT2D eigenvalue weighted by atomic mass is 16.5. The molecule has 4 heteroatoms. The minimum Gasteiger partial charge on any atom is -0.385 e. The molecule has 0 heterocycles. The molecule has 0 aromatic heterocycles. The number of ether oxygens (including phenoxy) is 1. The summed E-state index contributed by atoms with van der Waals surface area (Å²) in [6.45, 7) is 18.7. The van der Waals surface area contributed by atoms with E-state index in [4.69, 9.17) is 10.6 Å². The largest absolute Gasteiger partial charge is 0.385 e. The molecular formula is C25H58N2O2. The van der Waals surface area contributed by atoms with Crippen LogP contribution in [-0.2, 0) is 9.53 Å². The van der Waals surface area contributed by atoms with Crippen LogP contribution in [0.25, 0.3) is 0 Å². The molecule has 0 atom stereocenters. The lowest BCUT2D eigenvalue weighted by molar-refractivity contribution is -0.117. The van der Waals surface area contributed by atoms with E-state index in [0.29, 0.717) is 5.41 Å². The molecule has 0 aliphatic carbocycles. The number of nitrogens with one attached hydrogen (secondary N) is 1. The van der Waals surface area contributed by atoms with Gasteiger partial charge in [0, 0.05) is 26.7 Å². The second-order valence-electron chi connectivity index (χ2n) is 8.17. The number of hydrogen-bond donors (Lipinski definition) is 2. The van der Waals surface area contributed by atoms with Crippen molar-refractivity contribution in [3.05, 3.63) is 0 Å². The Balaban J connectivity index is -0.000000153. The number of nitrogens with two attached hydrogens (primary N) is 1. The molecule has 0 aliphatic rings. The minimum absolute atomic E-state index is 0.289. The van der Waals surface area contributed by atoms with Gasteiger partial charge >= 0.3 is 0 Å². The Morgan fingerprint density at radius 1 is 0.862 bits per heavy atom. The lowest BCUT2D eigenvalue weighted by Gasteiger charge is -2.25. The molecule has 0 aromatic rings. The van der Waals surface area contributed by atoms with E-state index in [9.17, 15) is 4.79 Å². The third-order valence-corrected chi connectivity index (χ3v) is 4.82. The van der Waals surface area contributed by atoms with Crippen LogP contribution in [0.4, 0.5) is 0 Å². The van der Waals surface area contributed by atoms with Crippen molar-refractivity contribution in [1.29, 1.82) is 0 Å². The zero-order valence-electron chi connectivity index (χ0n) is 21.8. The van der Waals surface area contributed by atoms with E-state index in [2.05, 4.69) is 53.9 Å². The maximum absolute atomic E-state index is 10.4. The minimum atomic E-state index is 0.289. The molecule has 0 aromatic carbocycles. The first kappa shape index (κ1) is 36.0. The highest BCUT2D eigenvalue weighted by Crippen LogP contribution is 2.23. The molecule has 29 heavy (non-hydrogen) atoms. The van der Waals surface area contributed by atoms with Crippen LogP contribution in [0.5, 0.6) is 0 Å².